The largest absolute Gasteiger partial charge is 0.461 e. The van der Waals surface area contributed by atoms with Crippen molar-refractivity contribution in [3.8, 4) is 0 Å². The van der Waals surface area contributed by atoms with Crippen LogP contribution in [0.25, 0.3) is 0 Å². The van der Waals surface area contributed by atoms with Crippen molar-refractivity contribution in [1.82, 2.24) is 10.6 Å². The number of nitrogens with one attached hydrogen (secondary N) is 2. The van der Waals surface area contributed by atoms with E-state index in [1.807, 2.05) is 0 Å². The molecule has 4 nitrogen and oxygen atoms in total. The van der Waals surface area contributed by atoms with Crippen LogP contribution in [0.5, 0.6) is 0 Å². The van der Waals surface area contributed by atoms with E-state index in [0.717, 1.165) is 0 Å². The number of carbonyl (C=O) groups is 1. The summed E-state index contributed by atoms with van der Waals surface area (Å²) in [5, 5.41) is 5.88. The molecule has 1 aliphatic heterocycles. The molecule has 2 N–H and O–H groups in total. The van der Waals surface area contributed by atoms with Crippen molar-refractivity contribution in [3.05, 3.63) is 10.7 Å². The van der Waals surface area contributed by atoms with Crippen LogP contribution in [0, 0.1) is 0 Å². The highest BCUT2D eigenvalue weighted by Gasteiger charge is 2.22. The zero-order valence-electron chi connectivity index (χ0n) is 7.06. The lowest BCUT2D eigenvalue weighted by Gasteiger charge is -2.22. The SMILES string of the molecule is CCOC(=O)C1=C(Cl)CNC(Cl)N1. The van der Waals surface area contributed by atoms with Crippen LogP contribution in [0.2, 0.25) is 0 Å². The molecule has 0 aromatic heterocycles. The first kappa shape index (κ1) is 10.6. The van der Waals surface area contributed by atoms with Crippen LogP contribution < -0.4 is 10.6 Å². The van der Waals surface area contributed by atoms with E-state index in [-0.39, 0.29) is 5.70 Å². The maximum Gasteiger partial charge on any atom is 0.355 e. The van der Waals surface area contributed by atoms with Crippen molar-refractivity contribution in [1.29, 1.82) is 0 Å². The number of halogens is 2. The minimum Gasteiger partial charge on any atom is -0.461 e. The van der Waals surface area contributed by atoms with Gasteiger partial charge in [0.1, 0.15) is 5.70 Å². The molecule has 0 aromatic rings. The zero-order chi connectivity index (χ0) is 9.84. The van der Waals surface area contributed by atoms with Gasteiger partial charge in [-0.1, -0.05) is 23.2 Å². The van der Waals surface area contributed by atoms with Gasteiger partial charge in [0.05, 0.1) is 11.6 Å². The number of hydrogen-bond acceptors (Lipinski definition) is 4. The Bertz CT molecular complexity index is 243. The van der Waals surface area contributed by atoms with E-state index in [4.69, 9.17) is 27.9 Å². The summed E-state index contributed by atoms with van der Waals surface area (Å²) < 4.78 is 4.77. The van der Waals surface area contributed by atoms with Crippen molar-refractivity contribution in [2.45, 2.75) is 12.5 Å². The average Bonchev–Trinajstić information content (AvgIpc) is 2.09. The third kappa shape index (κ3) is 2.76. The van der Waals surface area contributed by atoms with Gasteiger partial charge in [-0.05, 0) is 6.92 Å². The highest BCUT2D eigenvalue weighted by atomic mass is 35.5. The van der Waals surface area contributed by atoms with Crippen LogP contribution in [0.4, 0.5) is 0 Å². The van der Waals surface area contributed by atoms with E-state index in [1.54, 1.807) is 6.92 Å². The van der Waals surface area contributed by atoms with Gasteiger partial charge < -0.3 is 10.1 Å². The monoisotopic (exact) mass is 224 g/mol. The summed E-state index contributed by atoms with van der Waals surface area (Å²) in [6, 6.07) is 0. The van der Waals surface area contributed by atoms with Crippen molar-refractivity contribution >= 4 is 29.2 Å². The maximum atomic E-state index is 11.2. The summed E-state index contributed by atoms with van der Waals surface area (Å²) in [5.74, 6) is -0.473. The highest BCUT2D eigenvalue weighted by Crippen LogP contribution is 2.13. The van der Waals surface area contributed by atoms with E-state index in [0.29, 0.717) is 18.2 Å². The molecule has 1 aliphatic rings. The summed E-state index contributed by atoms with van der Waals surface area (Å²) in [4.78, 5) is 11.2. The number of carbonyl (C=O) groups excluding carboxylic acids is 1. The van der Waals surface area contributed by atoms with Crippen molar-refractivity contribution in [2.75, 3.05) is 13.2 Å². The molecule has 0 saturated carbocycles. The minimum atomic E-state index is -0.484. The summed E-state index contributed by atoms with van der Waals surface area (Å²) in [6.45, 7) is 2.41. The molecule has 0 aliphatic carbocycles. The Morgan fingerprint density at radius 1 is 1.77 bits per heavy atom. The number of hydrogen-bond donors (Lipinski definition) is 2. The van der Waals surface area contributed by atoms with Gasteiger partial charge in [0.15, 0.2) is 5.62 Å². The molecule has 1 atom stereocenters. The summed E-state index contributed by atoms with van der Waals surface area (Å²) in [5.41, 5.74) is -0.246. The van der Waals surface area contributed by atoms with Crippen LogP contribution in [0.15, 0.2) is 10.7 Å². The Morgan fingerprint density at radius 3 is 3.08 bits per heavy atom. The molecule has 0 spiro atoms. The third-order valence-corrected chi connectivity index (χ3v) is 2.04. The van der Waals surface area contributed by atoms with E-state index in [9.17, 15) is 4.79 Å². The molecule has 1 rings (SSSR count). The lowest BCUT2D eigenvalue weighted by Crippen LogP contribution is -2.45. The Balaban J connectivity index is 2.70. The predicted octanol–water partition coefficient (Wildman–Crippen LogP) is 0.715. The van der Waals surface area contributed by atoms with E-state index in [2.05, 4.69) is 10.6 Å². The Labute approximate surface area is 86.2 Å². The van der Waals surface area contributed by atoms with Gasteiger partial charge in [-0.3, -0.25) is 5.32 Å². The zero-order valence-corrected chi connectivity index (χ0v) is 8.58. The maximum absolute atomic E-state index is 11.2. The standard InChI is InChI=1S/C7H10Cl2N2O2/c1-2-13-6(12)5-4(8)3-10-7(9)11-5/h7,10-11H,2-3H2,1H3. The van der Waals surface area contributed by atoms with Crippen LogP contribution >= 0.6 is 23.2 Å². The van der Waals surface area contributed by atoms with Crippen molar-refractivity contribution < 1.29 is 9.53 Å². The first-order valence-corrected chi connectivity index (χ1v) is 4.66. The predicted molar refractivity (Wildman–Crippen MR) is 50.3 cm³/mol. The van der Waals surface area contributed by atoms with Gasteiger partial charge in [-0.15, -0.1) is 0 Å². The molecule has 0 radical (unpaired) electrons. The van der Waals surface area contributed by atoms with Crippen LogP contribution in [0.3, 0.4) is 0 Å². The van der Waals surface area contributed by atoms with Gasteiger partial charge >= 0.3 is 5.97 Å². The fraction of sp³-hybridized carbons (Fsp3) is 0.571. The summed E-state index contributed by atoms with van der Waals surface area (Å²) in [6.07, 6.45) is 0. The average molecular weight is 225 g/mol. The lowest BCUT2D eigenvalue weighted by atomic mass is 10.3. The molecule has 0 fully saturated rings. The number of alkyl halides is 1. The van der Waals surface area contributed by atoms with Gasteiger partial charge in [-0.25, -0.2) is 4.79 Å². The summed E-state index contributed by atoms with van der Waals surface area (Å²) in [7, 11) is 0. The van der Waals surface area contributed by atoms with Gasteiger partial charge in [-0.2, -0.15) is 0 Å². The first-order valence-electron chi connectivity index (χ1n) is 3.85. The molecule has 0 aromatic carbocycles. The van der Waals surface area contributed by atoms with Gasteiger partial charge in [0, 0.05) is 6.54 Å². The molecule has 13 heavy (non-hydrogen) atoms. The van der Waals surface area contributed by atoms with Crippen LogP contribution in [0.1, 0.15) is 6.92 Å². The molecule has 6 heteroatoms. The van der Waals surface area contributed by atoms with Gasteiger partial charge in [0.25, 0.3) is 0 Å². The fourth-order valence-electron chi connectivity index (χ4n) is 0.897. The molecule has 1 unspecified atom stereocenters. The van der Waals surface area contributed by atoms with Crippen LogP contribution in [-0.2, 0) is 9.53 Å². The van der Waals surface area contributed by atoms with E-state index >= 15 is 0 Å². The molecular formula is C7H10Cl2N2O2. The molecular weight excluding hydrogens is 215 g/mol. The smallest absolute Gasteiger partial charge is 0.355 e. The number of ether oxygens (including phenoxy) is 1. The quantitative estimate of drug-likeness (QED) is 0.413. The molecule has 1 heterocycles. The van der Waals surface area contributed by atoms with Crippen LogP contribution in [-0.4, -0.2) is 24.7 Å². The highest BCUT2D eigenvalue weighted by molar-refractivity contribution is 6.32. The minimum absolute atomic E-state index is 0.238. The fourth-order valence-corrected chi connectivity index (χ4v) is 1.29. The van der Waals surface area contributed by atoms with Crippen molar-refractivity contribution in [2.24, 2.45) is 0 Å². The van der Waals surface area contributed by atoms with E-state index < -0.39 is 11.6 Å². The first-order chi connectivity index (χ1) is 6.15. The second-order valence-electron chi connectivity index (χ2n) is 2.39. The van der Waals surface area contributed by atoms with Gasteiger partial charge in [0.2, 0.25) is 0 Å². The van der Waals surface area contributed by atoms with Crippen molar-refractivity contribution in [3.63, 3.8) is 0 Å². The Hall–Kier alpha value is -0.450. The number of esters is 1. The summed E-state index contributed by atoms with van der Waals surface area (Å²) >= 11 is 11.5. The normalized spacial score (nSPS) is 22.5. The van der Waals surface area contributed by atoms with E-state index in [1.165, 1.54) is 0 Å². The Morgan fingerprint density at radius 2 is 2.46 bits per heavy atom. The molecule has 0 bridgehead atoms. The lowest BCUT2D eigenvalue weighted by molar-refractivity contribution is -0.139. The second-order valence-corrected chi connectivity index (χ2v) is 3.28. The molecule has 0 amide bonds. The molecule has 0 saturated heterocycles. The topological polar surface area (TPSA) is 50.4 Å². The third-order valence-electron chi connectivity index (χ3n) is 1.46. The Kier molecular flexibility index (Phi) is 3.84. The second kappa shape index (κ2) is 4.69. The number of rotatable bonds is 2. The molecule has 74 valence electrons.